The van der Waals surface area contributed by atoms with Gasteiger partial charge in [0.05, 0.1) is 4.92 Å². The molecule has 0 saturated carbocycles. The summed E-state index contributed by atoms with van der Waals surface area (Å²) < 4.78 is 5.71. The molecule has 0 fully saturated rings. The Kier molecular flexibility index (Phi) is 5.21. The summed E-state index contributed by atoms with van der Waals surface area (Å²) in [5.74, 6) is 0. The van der Waals surface area contributed by atoms with Gasteiger partial charge in [-0.05, 0) is 18.6 Å². The second-order valence-electron chi connectivity index (χ2n) is 3.19. The highest BCUT2D eigenvalue weighted by Gasteiger charge is 2.12. The molecule has 0 amide bonds. The van der Waals surface area contributed by atoms with Gasteiger partial charge in [0, 0.05) is 30.8 Å². The number of hydrogen-bond donors (Lipinski definition) is 1. The summed E-state index contributed by atoms with van der Waals surface area (Å²) in [7, 11) is 1.63. The number of ether oxygens (including phenoxy) is 1. The van der Waals surface area contributed by atoms with E-state index in [0.29, 0.717) is 18.8 Å². The van der Waals surface area contributed by atoms with E-state index in [1.807, 2.05) is 0 Å². The highest BCUT2D eigenvalue weighted by atomic mass is 79.9. The van der Waals surface area contributed by atoms with Crippen molar-refractivity contribution in [2.75, 3.05) is 25.6 Å². The van der Waals surface area contributed by atoms with E-state index in [0.717, 1.165) is 10.9 Å². The molecule has 1 rings (SSSR count). The van der Waals surface area contributed by atoms with E-state index < -0.39 is 4.92 Å². The van der Waals surface area contributed by atoms with Crippen LogP contribution in [0.5, 0.6) is 0 Å². The van der Waals surface area contributed by atoms with Gasteiger partial charge in [0.25, 0.3) is 5.69 Å². The Morgan fingerprint density at radius 3 is 2.94 bits per heavy atom. The number of benzene rings is 1. The number of anilines is 1. The van der Waals surface area contributed by atoms with Crippen LogP contribution in [0.2, 0.25) is 0 Å². The van der Waals surface area contributed by atoms with E-state index in [4.69, 9.17) is 4.74 Å². The fourth-order valence-corrected chi connectivity index (χ4v) is 1.61. The Hall–Kier alpha value is -1.14. The molecule has 0 unspecified atom stereocenters. The number of rotatable bonds is 6. The van der Waals surface area contributed by atoms with Crippen LogP contribution in [-0.4, -0.2) is 25.2 Å². The maximum atomic E-state index is 10.7. The first-order valence-corrected chi connectivity index (χ1v) is 5.61. The smallest absolute Gasteiger partial charge is 0.292 e. The van der Waals surface area contributed by atoms with E-state index in [-0.39, 0.29) is 5.69 Å². The third kappa shape index (κ3) is 3.79. The van der Waals surface area contributed by atoms with Crippen LogP contribution in [0.1, 0.15) is 6.42 Å². The molecule has 0 atom stereocenters. The fourth-order valence-electron chi connectivity index (χ4n) is 1.25. The Labute approximate surface area is 102 Å². The molecule has 0 aromatic heterocycles. The van der Waals surface area contributed by atoms with Crippen LogP contribution in [0.15, 0.2) is 22.7 Å². The second kappa shape index (κ2) is 6.44. The highest BCUT2D eigenvalue weighted by Crippen LogP contribution is 2.27. The molecular formula is C10H13BrN2O3. The largest absolute Gasteiger partial charge is 0.385 e. The molecule has 0 spiro atoms. The number of nitrogens with one attached hydrogen (secondary N) is 1. The summed E-state index contributed by atoms with van der Waals surface area (Å²) in [6.45, 7) is 1.28. The van der Waals surface area contributed by atoms with Gasteiger partial charge in [0.2, 0.25) is 0 Å². The zero-order valence-electron chi connectivity index (χ0n) is 8.90. The van der Waals surface area contributed by atoms with Crippen molar-refractivity contribution in [3.05, 3.63) is 32.8 Å². The SMILES string of the molecule is COCCCNc1cc(Br)ccc1[N+](=O)[O-]. The lowest BCUT2D eigenvalue weighted by Gasteiger charge is -2.07. The molecule has 5 nitrogen and oxygen atoms in total. The van der Waals surface area contributed by atoms with Crippen molar-refractivity contribution in [3.8, 4) is 0 Å². The molecule has 6 heteroatoms. The Morgan fingerprint density at radius 1 is 1.56 bits per heavy atom. The Morgan fingerprint density at radius 2 is 2.31 bits per heavy atom. The molecule has 0 saturated heterocycles. The van der Waals surface area contributed by atoms with Crippen LogP contribution < -0.4 is 5.32 Å². The van der Waals surface area contributed by atoms with Crippen molar-refractivity contribution in [3.63, 3.8) is 0 Å². The van der Waals surface area contributed by atoms with Gasteiger partial charge in [-0.15, -0.1) is 0 Å². The van der Waals surface area contributed by atoms with Gasteiger partial charge in [0.15, 0.2) is 0 Å². The number of nitrogens with zero attached hydrogens (tertiary/aromatic N) is 1. The van der Waals surface area contributed by atoms with Gasteiger partial charge in [-0.1, -0.05) is 15.9 Å². The fraction of sp³-hybridized carbons (Fsp3) is 0.400. The van der Waals surface area contributed by atoms with Gasteiger partial charge >= 0.3 is 0 Å². The summed E-state index contributed by atoms with van der Waals surface area (Å²) in [6, 6.07) is 4.83. The van der Waals surface area contributed by atoms with E-state index in [1.165, 1.54) is 6.07 Å². The van der Waals surface area contributed by atoms with Crippen molar-refractivity contribution in [1.29, 1.82) is 0 Å². The Balaban J connectivity index is 2.68. The van der Waals surface area contributed by atoms with Crippen LogP contribution in [0.25, 0.3) is 0 Å². The minimum atomic E-state index is -0.398. The lowest BCUT2D eigenvalue weighted by Crippen LogP contribution is -2.06. The lowest BCUT2D eigenvalue weighted by molar-refractivity contribution is -0.384. The molecule has 1 aromatic rings. The maximum absolute atomic E-state index is 10.7. The van der Waals surface area contributed by atoms with Crippen LogP contribution in [0.3, 0.4) is 0 Å². The molecule has 1 N–H and O–H groups in total. The summed E-state index contributed by atoms with van der Waals surface area (Å²) in [5, 5.41) is 13.8. The zero-order valence-corrected chi connectivity index (χ0v) is 10.5. The average Bonchev–Trinajstić information content (AvgIpc) is 2.24. The maximum Gasteiger partial charge on any atom is 0.292 e. The minimum Gasteiger partial charge on any atom is -0.385 e. The standard InChI is InChI=1S/C10H13BrN2O3/c1-16-6-2-5-12-9-7-8(11)3-4-10(9)13(14)15/h3-4,7,12H,2,5-6H2,1H3. The first kappa shape index (κ1) is 12.9. The summed E-state index contributed by atoms with van der Waals surface area (Å²) in [5.41, 5.74) is 0.607. The lowest BCUT2D eigenvalue weighted by atomic mass is 10.2. The first-order chi connectivity index (χ1) is 7.65. The van der Waals surface area contributed by atoms with E-state index in [9.17, 15) is 10.1 Å². The summed E-state index contributed by atoms with van der Waals surface area (Å²) in [4.78, 5) is 10.3. The molecular weight excluding hydrogens is 276 g/mol. The molecule has 0 heterocycles. The number of nitro groups is 1. The quantitative estimate of drug-likeness (QED) is 0.497. The van der Waals surface area contributed by atoms with Crippen LogP contribution in [0.4, 0.5) is 11.4 Å². The predicted octanol–water partition coefficient (Wildman–Crippen LogP) is 2.81. The van der Waals surface area contributed by atoms with Crippen molar-refractivity contribution < 1.29 is 9.66 Å². The van der Waals surface area contributed by atoms with Crippen LogP contribution in [0, 0.1) is 10.1 Å². The predicted molar refractivity (Wildman–Crippen MR) is 65.8 cm³/mol. The molecule has 16 heavy (non-hydrogen) atoms. The summed E-state index contributed by atoms with van der Waals surface area (Å²) in [6.07, 6.45) is 0.806. The first-order valence-electron chi connectivity index (χ1n) is 4.82. The van der Waals surface area contributed by atoms with E-state index in [2.05, 4.69) is 21.2 Å². The van der Waals surface area contributed by atoms with E-state index in [1.54, 1.807) is 19.2 Å². The molecule has 0 radical (unpaired) electrons. The normalized spacial score (nSPS) is 10.1. The molecule has 0 aliphatic heterocycles. The van der Waals surface area contributed by atoms with Gasteiger partial charge < -0.3 is 10.1 Å². The molecule has 0 aliphatic carbocycles. The number of nitro benzene ring substituents is 1. The number of halogens is 1. The minimum absolute atomic E-state index is 0.0839. The van der Waals surface area contributed by atoms with E-state index >= 15 is 0 Å². The molecule has 0 bridgehead atoms. The topological polar surface area (TPSA) is 64.4 Å². The van der Waals surface area contributed by atoms with Gasteiger partial charge in [-0.2, -0.15) is 0 Å². The second-order valence-corrected chi connectivity index (χ2v) is 4.11. The van der Waals surface area contributed by atoms with Crippen LogP contribution in [-0.2, 0) is 4.74 Å². The van der Waals surface area contributed by atoms with Crippen molar-refractivity contribution in [1.82, 2.24) is 0 Å². The van der Waals surface area contributed by atoms with Crippen molar-refractivity contribution >= 4 is 27.3 Å². The third-order valence-electron chi connectivity index (χ3n) is 2.00. The number of methoxy groups -OCH3 is 1. The Bertz CT molecular complexity index is 371. The molecule has 0 aliphatic rings. The van der Waals surface area contributed by atoms with Gasteiger partial charge in [0.1, 0.15) is 5.69 Å². The van der Waals surface area contributed by atoms with Crippen LogP contribution >= 0.6 is 15.9 Å². The van der Waals surface area contributed by atoms with Gasteiger partial charge in [-0.25, -0.2) is 0 Å². The summed E-state index contributed by atoms with van der Waals surface area (Å²) >= 11 is 3.28. The highest BCUT2D eigenvalue weighted by molar-refractivity contribution is 9.10. The van der Waals surface area contributed by atoms with Gasteiger partial charge in [-0.3, -0.25) is 10.1 Å². The molecule has 1 aromatic carbocycles. The average molecular weight is 289 g/mol. The zero-order chi connectivity index (χ0) is 12.0. The molecule has 88 valence electrons. The number of hydrogen-bond acceptors (Lipinski definition) is 4. The third-order valence-corrected chi connectivity index (χ3v) is 2.49. The monoisotopic (exact) mass is 288 g/mol. The van der Waals surface area contributed by atoms with Crippen molar-refractivity contribution in [2.24, 2.45) is 0 Å². The van der Waals surface area contributed by atoms with Crippen molar-refractivity contribution in [2.45, 2.75) is 6.42 Å².